The van der Waals surface area contributed by atoms with Crippen molar-refractivity contribution >= 4 is 33.3 Å². The SMILES string of the molecule is CCc1ccccc1NC(=O)Nc1ccc(Br)c(C)c1. The van der Waals surface area contributed by atoms with E-state index in [2.05, 4.69) is 33.5 Å². The first-order chi connectivity index (χ1) is 9.60. The molecule has 2 aromatic carbocycles. The molecule has 2 rings (SSSR count). The van der Waals surface area contributed by atoms with E-state index in [9.17, 15) is 4.79 Å². The zero-order valence-corrected chi connectivity index (χ0v) is 13.1. The van der Waals surface area contributed by atoms with Crippen LogP contribution in [0.4, 0.5) is 16.2 Å². The highest BCUT2D eigenvalue weighted by Crippen LogP contribution is 2.20. The maximum absolute atomic E-state index is 12.0. The Labute approximate surface area is 127 Å². The Kier molecular flexibility index (Phi) is 4.79. The van der Waals surface area contributed by atoms with Crippen LogP contribution >= 0.6 is 15.9 Å². The summed E-state index contributed by atoms with van der Waals surface area (Å²) >= 11 is 3.44. The second-order valence-electron chi connectivity index (χ2n) is 4.55. The van der Waals surface area contributed by atoms with E-state index in [0.717, 1.165) is 33.4 Å². The van der Waals surface area contributed by atoms with Gasteiger partial charge in [0.25, 0.3) is 0 Å². The minimum atomic E-state index is -0.229. The number of rotatable bonds is 3. The largest absolute Gasteiger partial charge is 0.323 e. The van der Waals surface area contributed by atoms with Crippen molar-refractivity contribution in [2.45, 2.75) is 20.3 Å². The Morgan fingerprint density at radius 3 is 2.60 bits per heavy atom. The summed E-state index contributed by atoms with van der Waals surface area (Å²) < 4.78 is 1.03. The molecule has 2 N–H and O–H groups in total. The summed E-state index contributed by atoms with van der Waals surface area (Å²) in [6.07, 6.45) is 0.883. The number of urea groups is 1. The molecular weight excluding hydrogens is 316 g/mol. The minimum absolute atomic E-state index is 0.229. The van der Waals surface area contributed by atoms with Gasteiger partial charge < -0.3 is 10.6 Å². The number of nitrogens with one attached hydrogen (secondary N) is 2. The highest BCUT2D eigenvalue weighted by Gasteiger charge is 2.06. The molecule has 2 amide bonds. The Hall–Kier alpha value is -1.81. The van der Waals surface area contributed by atoms with Crippen molar-refractivity contribution < 1.29 is 4.79 Å². The molecule has 0 saturated carbocycles. The third kappa shape index (κ3) is 3.61. The summed E-state index contributed by atoms with van der Waals surface area (Å²) in [6, 6.07) is 13.3. The third-order valence-corrected chi connectivity index (χ3v) is 3.95. The van der Waals surface area contributed by atoms with Gasteiger partial charge in [0.15, 0.2) is 0 Å². The van der Waals surface area contributed by atoms with E-state index in [1.165, 1.54) is 0 Å². The highest BCUT2D eigenvalue weighted by molar-refractivity contribution is 9.10. The molecule has 3 nitrogen and oxygen atoms in total. The summed E-state index contributed by atoms with van der Waals surface area (Å²) in [5, 5.41) is 5.72. The quantitative estimate of drug-likeness (QED) is 0.819. The van der Waals surface area contributed by atoms with E-state index >= 15 is 0 Å². The maximum Gasteiger partial charge on any atom is 0.323 e. The summed E-state index contributed by atoms with van der Waals surface area (Å²) in [4.78, 5) is 12.0. The van der Waals surface area contributed by atoms with Crippen LogP contribution in [0.1, 0.15) is 18.1 Å². The number of para-hydroxylation sites is 1. The van der Waals surface area contributed by atoms with E-state index in [-0.39, 0.29) is 6.03 Å². The fraction of sp³-hybridized carbons (Fsp3) is 0.188. The first-order valence-corrected chi connectivity index (χ1v) is 7.31. The van der Waals surface area contributed by atoms with Crippen molar-refractivity contribution in [3.05, 3.63) is 58.1 Å². The van der Waals surface area contributed by atoms with Crippen molar-refractivity contribution in [3.63, 3.8) is 0 Å². The van der Waals surface area contributed by atoms with Crippen LogP contribution in [0.15, 0.2) is 46.9 Å². The van der Waals surface area contributed by atoms with Gasteiger partial charge in [0.2, 0.25) is 0 Å². The van der Waals surface area contributed by atoms with Gasteiger partial charge in [0, 0.05) is 15.8 Å². The molecule has 20 heavy (non-hydrogen) atoms. The molecule has 0 aliphatic heterocycles. The fourth-order valence-electron chi connectivity index (χ4n) is 1.96. The molecule has 0 aliphatic carbocycles. The molecule has 0 bridgehead atoms. The van der Waals surface area contributed by atoms with Gasteiger partial charge in [-0.3, -0.25) is 0 Å². The van der Waals surface area contributed by atoms with Gasteiger partial charge in [-0.15, -0.1) is 0 Å². The van der Waals surface area contributed by atoms with Gasteiger partial charge in [0.05, 0.1) is 0 Å². The zero-order chi connectivity index (χ0) is 14.5. The molecule has 104 valence electrons. The topological polar surface area (TPSA) is 41.1 Å². The van der Waals surface area contributed by atoms with Crippen LogP contribution in [-0.2, 0) is 6.42 Å². The summed E-state index contributed by atoms with van der Waals surface area (Å²) in [6.45, 7) is 4.05. The van der Waals surface area contributed by atoms with Crippen molar-refractivity contribution in [1.29, 1.82) is 0 Å². The van der Waals surface area contributed by atoms with E-state index in [1.54, 1.807) is 0 Å². The Morgan fingerprint density at radius 1 is 1.15 bits per heavy atom. The molecule has 0 saturated heterocycles. The number of amides is 2. The first kappa shape index (κ1) is 14.6. The molecule has 0 aliphatic rings. The molecule has 0 heterocycles. The Balaban J connectivity index is 2.07. The van der Waals surface area contributed by atoms with Gasteiger partial charge in [0.1, 0.15) is 0 Å². The number of benzene rings is 2. The number of hydrogen-bond donors (Lipinski definition) is 2. The molecular formula is C16H17BrN2O. The van der Waals surface area contributed by atoms with Crippen LogP contribution < -0.4 is 10.6 Å². The van der Waals surface area contributed by atoms with E-state index in [1.807, 2.05) is 49.4 Å². The van der Waals surface area contributed by atoms with E-state index in [0.29, 0.717) is 0 Å². The van der Waals surface area contributed by atoms with Gasteiger partial charge in [-0.2, -0.15) is 0 Å². The van der Waals surface area contributed by atoms with Crippen LogP contribution in [0.2, 0.25) is 0 Å². The summed E-state index contributed by atoms with van der Waals surface area (Å²) in [7, 11) is 0. The molecule has 0 radical (unpaired) electrons. The van der Waals surface area contributed by atoms with E-state index in [4.69, 9.17) is 0 Å². The molecule has 0 spiro atoms. The molecule has 0 atom stereocenters. The second-order valence-corrected chi connectivity index (χ2v) is 5.41. The summed E-state index contributed by atoms with van der Waals surface area (Å²) in [5.74, 6) is 0. The second kappa shape index (κ2) is 6.57. The minimum Gasteiger partial charge on any atom is -0.308 e. The van der Waals surface area contributed by atoms with Crippen LogP contribution in [0.25, 0.3) is 0 Å². The van der Waals surface area contributed by atoms with Gasteiger partial charge in [-0.1, -0.05) is 41.1 Å². The zero-order valence-electron chi connectivity index (χ0n) is 11.5. The smallest absolute Gasteiger partial charge is 0.308 e. The van der Waals surface area contributed by atoms with Crippen LogP contribution in [-0.4, -0.2) is 6.03 Å². The molecule has 0 fully saturated rings. The number of carbonyl (C=O) groups excluding carboxylic acids is 1. The Bertz CT molecular complexity index is 626. The first-order valence-electron chi connectivity index (χ1n) is 6.52. The monoisotopic (exact) mass is 332 g/mol. The van der Waals surface area contributed by atoms with Crippen LogP contribution in [0, 0.1) is 6.92 Å². The summed E-state index contributed by atoms with van der Waals surface area (Å²) in [5.41, 5.74) is 3.82. The lowest BCUT2D eigenvalue weighted by molar-refractivity contribution is 0.262. The average Bonchev–Trinajstić information content (AvgIpc) is 2.43. The predicted octanol–water partition coefficient (Wildman–Crippen LogP) is 4.96. The lowest BCUT2D eigenvalue weighted by Crippen LogP contribution is -2.20. The highest BCUT2D eigenvalue weighted by atomic mass is 79.9. The molecule has 4 heteroatoms. The van der Waals surface area contributed by atoms with Crippen LogP contribution in [0.3, 0.4) is 0 Å². The van der Waals surface area contributed by atoms with Crippen LogP contribution in [0.5, 0.6) is 0 Å². The number of hydrogen-bond acceptors (Lipinski definition) is 1. The number of aryl methyl sites for hydroxylation is 2. The van der Waals surface area contributed by atoms with Crippen molar-refractivity contribution in [3.8, 4) is 0 Å². The van der Waals surface area contributed by atoms with Crippen molar-refractivity contribution in [2.75, 3.05) is 10.6 Å². The molecule has 0 aromatic heterocycles. The normalized spacial score (nSPS) is 10.2. The number of anilines is 2. The lowest BCUT2D eigenvalue weighted by Gasteiger charge is -2.11. The number of carbonyl (C=O) groups is 1. The maximum atomic E-state index is 12.0. The average molecular weight is 333 g/mol. The predicted molar refractivity (Wildman–Crippen MR) is 87.3 cm³/mol. The standard InChI is InChI=1S/C16H17BrN2O/c1-3-12-6-4-5-7-15(12)19-16(20)18-13-8-9-14(17)11(2)10-13/h4-10H,3H2,1-2H3,(H2,18,19,20). The number of halogens is 1. The molecule has 2 aromatic rings. The van der Waals surface area contributed by atoms with Gasteiger partial charge >= 0.3 is 6.03 Å². The van der Waals surface area contributed by atoms with E-state index < -0.39 is 0 Å². The molecule has 0 unspecified atom stereocenters. The lowest BCUT2D eigenvalue weighted by atomic mass is 10.1. The Morgan fingerprint density at radius 2 is 1.90 bits per heavy atom. The fourth-order valence-corrected chi connectivity index (χ4v) is 2.20. The van der Waals surface area contributed by atoms with Crippen molar-refractivity contribution in [2.24, 2.45) is 0 Å². The van der Waals surface area contributed by atoms with Gasteiger partial charge in [-0.25, -0.2) is 4.79 Å². The van der Waals surface area contributed by atoms with Crippen molar-refractivity contribution in [1.82, 2.24) is 0 Å². The van der Waals surface area contributed by atoms with Gasteiger partial charge in [-0.05, 0) is 48.7 Å². The third-order valence-electron chi connectivity index (χ3n) is 3.06.